The molecule has 0 aliphatic heterocycles. The number of fused-ring (bicyclic) bond motifs is 1. The van der Waals surface area contributed by atoms with Crippen molar-refractivity contribution in [3.63, 3.8) is 0 Å². The number of methoxy groups -OCH3 is 1. The van der Waals surface area contributed by atoms with Crippen LogP contribution in [0.3, 0.4) is 0 Å². The molecule has 23 heavy (non-hydrogen) atoms. The van der Waals surface area contributed by atoms with Crippen molar-refractivity contribution in [2.75, 3.05) is 14.2 Å². The van der Waals surface area contributed by atoms with Crippen LogP contribution < -0.4 is 4.74 Å². The topological polar surface area (TPSA) is 42.4 Å². The van der Waals surface area contributed by atoms with Gasteiger partial charge in [0.05, 0.1) is 12.6 Å². The Morgan fingerprint density at radius 2 is 1.87 bits per heavy atom. The van der Waals surface area contributed by atoms with Gasteiger partial charge in [0.2, 0.25) is 0 Å². The third-order valence-electron chi connectivity index (χ3n) is 4.81. The summed E-state index contributed by atoms with van der Waals surface area (Å²) in [6, 6.07) is 9.82. The first-order valence-electron chi connectivity index (χ1n) is 8.41. The number of benzene rings is 1. The van der Waals surface area contributed by atoms with Gasteiger partial charge in [0.25, 0.3) is 5.91 Å². The number of pyridine rings is 1. The zero-order valence-electron chi connectivity index (χ0n) is 13.9. The fourth-order valence-electron chi connectivity index (χ4n) is 3.34. The summed E-state index contributed by atoms with van der Waals surface area (Å²) in [7, 11) is 3.56. The highest BCUT2D eigenvalue weighted by Crippen LogP contribution is 2.23. The van der Waals surface area contributed by atoms with E-state index in [1.807, 2.05) is 42.3 Å². The molecule has 0 atom stereocenters. The molecule has 0 saturated heterocycles. The molecular formula is C19H24N2O2. The van der Waals surface area contributed by atoms with Crippen LogP contribution in [0.2, 0.25) is 0 Å². The fourth-order valence-corrected chi connectivity index (χ4v) is 3.34. The molecule has 1 heterocycles. The van der Waals surface area contributed by atoms with Gasteiger partial charge < -0.3 is 9.64 Å². The van der Waals surface area contributed by atoms with E-state index in [0.29, 0.717) is 11.7 Å². The zero-order chi connectivity index (χ0) is 16.2. The Morgan fingerprint density at radius 3 is 2.57 bits per heavy atom. The highest BCUT2D eigenvalue weighted by atomic mass is 16.5. The SMILES string of the molecule is COc1ccc2nc(C(=O)N(C)C3CCCCCC3)ccc2c1. The minimum absolute atomic E-state index is 0.0228. The van der Waals surface area contributed by atoms with Gasteiger partial charge in [-0.2, -0.15) is 0 Å². The second-order valence-electron chi connectivity index (χ2n) is 6.32. The van der Waals surface area contributed by atoms with Crippen LogP contribution in [-0.4, -0.2) is 36.0 Å². The molecule has 1 saturated carbocycles. The first-order chi connectivity index (χ1) is 11.2. The molecule has 1 fully saturated rings. The maximum atomic E-state index is 12.8. The van der Waals surface area contributed by atoms with Crippen molar-refractivity contribution >= 4 is 16.8 Å². The second kappa shape index (κ2) is 6.99. The molecule has 0 bridgehead atoms. The first kappa shape index (κ1) is 15.8. The van der Waals surface area contributed by atoms with Crippen LogP contribution in [0.15, 0.2) is 30.3 Å². The monoisotopic (exact) mass is 312 g/mol. The van der Waals surface area contributed by atoms with E-state index in [-0.39, 0.29) is 5.91 Å². The maximum Gasteiger partial charge on any atom is 0.272 e. The quantitative estimate of drug-likeness (QED) is 0.803. The third-order valence-corrected chi connectivity index (χ3v) is 4.81. The summed E-state index contributed by atoms with van der Waals surface area (Å²) >= 11 is 0. The minimum atomic E-state index is 0.0228. The van der Waals surface area contributed by atoms with E-state index in [9.17, 15) is 4.79 Å². The molecule has 4 heteroatoms. The Labute approximate surface area is 137 Å². The van der Waals surface area contributed by atoms with Gasteiger partial charge >= 0.3 is 0 Å². The van der Waals surface area contributed by atoms with Crippen LogP contribution in [0.5, 0.6) is 5.75 Å². The largest absolute Gasteiger partial charge is 0.497 e. The molecule has 1 aromatic heterocycles. The zero-order valence-corrected chi connectivity index (χ0v) is 13.9. The van der Waals surface area contributed by atoms with Crippen molar-refractivity contribution in [1.82, 2.24) is 9.88 Å². The van der Waals surface area contributed by atoms with Crippen LogP contribution in [0.25, 0.3) is 10.9 Å². The number of amides is 1. The summed E-state index contributed by atoms with van der Waals surface area (Å²) < 4.78 is 5.23. The van der Waals surface area contributed by atoms with Gasteiger partial charge in [-0.25, -0.2) is 4.98 Å². The number of carbonyl (C=O) groups is 1. The Morgan fingerprint density at radius 1 is 1.13 bits per heavy atom. The number of ether oxygens (including phenoxy) is 1. The Kier molecular flexibility index (Phi) is 4.79. The lowest BCUT2D eigenvalue weighted by atomic mass is 10.1. The van der Waals surface area contributed by atoms with Crippen LogP contribution in [-0.2, 0) is 0 Å². The molecule has 2 aromatic rings. The van der Waals surface area contributed by atoms with Gasteiger partial charge in [-0.1, -0.05) is 31.7 Å². The van der Waals surface area contributed by atoms with Gasteiger partial charge in [-0.05, 0) is 37.1 Å². The molecule has 122 valence electrons. The van der Waals surface area contributed by atoms with E-state index in [1.165, 1.54) is 25.7 Å². The van der Waals surface area contributed by atoms with Crippen molar-refractivity contribution in [3.05, 3.63) is 36.0 Å². The predicted molar refractivity (Wildman–Crippen MR) is 91.9 cm³/mol. The standard InChI is InChI=1S/C19H24N2O2/c1-21(15-7-5-3-4-6-8-15)19(22)18-11-9-14-13-16(23-2)10-12-17(14)20-18/h9-13,15H,3-8H2,1-2H3. The van der Waals surface area contributed by atoms with Crippen molar-refractivity contribution in [3.8, 4) is 5.75 Å². The van der Waals surface area contributed by atoms with Crippen molar-refractivity contribution < 1.29 is 9.53 Å². The summed E-state index contributed by atoms with van der Waals surface area (Å²) in [5, 5.41) is 0.984. The number of aromatic nitrogens is 1. The van der Waals surface area contributed by atoms with Crippen molar-refractivity contribution in [1.29, 1.82) is 0 Å². The van der Waals surface area contributed by atoms with Gasteiger partial charge in [0.15, 0.2) is 0 Å². The van der Waals surface area contributed by atoms with Gasteiger partial charge in [0.1, 0.15) is 11.4 Å². The lowest BCUT2D eigenvalue weighted by Crippen LogP contribution is -2.37. The Balaban J connectivity index is 1.82. The molecule has 0 unspecified atom stereocenters. The van der Waals surface area contributed by atoms with E-state index in [0.717, 1.165) is 29.5 Å². The van der Waals surface area contributed by atoms with Crippen molar-refractivity contribution in [2.45, 2.75) is 44.6 Å². The molecule has 0 radical (unpaired) electrons. The molecule has 0 N–H and O–H groups in total. The van der Waals surface area contributed by atoms with Crippen molar-refractivity contribution in [2.24, 2.45) is 0 Å². The molecule has 1 aliphatic rings. The first-order valence-corrected chi connectivity index (χ1v) is 8.41. The third kappa shape index (κ3) is 3.46. The van der Waals surface area contributed by atoms with E-state index < -0.39 is 0 Å². The summed E-state index contributed by atoms with van der Waals surface area (Å²) in [5.74, 6) is 0.823. The molecule has 1 aliphatic carbocycles. The summed E-state index contributed by atoms with van der Waals surface area (Å²) in [6.07, 6.45) is 7.21. The second-order valence-corrected chi connectivity index (χ2v) is 6.32. The van der Waals surface area contributed by atoms with E-state index in [2.05, 4.69) is 4.98 Å². The minimum Gasteiger partial charge on any atom is -0.497 e. The normalized spacial score (nSPS) is 16.1. The number of hydrogen-bond acceptors (Lipinski definition) is 3. The molecule has 4 nitrogen and oxygen atoms in total. The van der Waals surface area contributed by atoms with Gasteiger partial charge in [-0.3, -0.25) is 4.79 Å². The van der Waals surface area contributed by atoms with E-state index in [4.69, 9.17) is 4.74 Å². The average Bonchev–Trinajstić information content (AvgIpc) is 2.88. The van der Waals surface area contributed by atoms with E-state index >= 15 is 0 Å². The highest BCUT2D eigenvalue weighted by Gasteiger charge is 2.23. The number of carbonyl (C=O) groups excluding carboxylic acids is 1. The lowest BCUT2D eigenvalue weighted by Gasteiger charge is -2.27. The highest BCUT2D eigenvalue weighted by molar-refractivity contribution is 5.95. The Hall–Kier alpha value is -2.10. The maximum absolute atomic E-state index is 12.8. The molecule has 1 aromatic carbocycles. The Bertz CT molecular complexity index is 691. The summed E-state index contributed by atoms with van der Waals surface area (Å²) in [4.78, 5) is 19.2. The van der Waals surface area contributed by atoms with E-state index in [1.54, 1.807) is 7.11 Å². The van der Waals surface area contributed by atoms with Crippen LogP contribution >= 0.6 is 0 Å². The summed E-state index contributed by atoms with van der Waals surface area (Å²) in [6.45, 7) is 0. The number of rotatable bonds is 3. The van der Waals surface area contributed by atoms with Gasteiger partial charge in [-0.15, -0.1) is 0 Å². The number of nitrogens with zero attached hydrogens (tertiary/aromatic N) is 2. The lowest BCUT2D eigenvalue weighted by molar-refractivity contribution is 0.0712. The van der Waals surface area contributed by atoms with Crippen LogP contribution in [0.4, 0.5) is 0 Å². The fraction of sp³-hybridized carbons (Fsp3) is 0.474. The summed E-state index contributed by atoms with van der Waals surface area (Å²) in [5.41, 5.74) is 1.35. The molecule has 0 spiro atoms. The molecular weight excluding hydrogens is 288 g/mol. The molecule has 3 rings (SSSR count). The predicted octanol–water partition coefficient (Wildman–Crippen LogP) is 4.04. The van der Waals surface area contributed by atoms with Gasteiger partial charge in [0, 0.05) is 18.5 Å². The number of hydrogen-bond donors (Lipinski definition) is 0. The van der Waals surface area contributed by atoms with Crippen LogP contribution in [0, 0.1) is 0 Å². The smallest absolute Gasteiger partial charge is 0.272 e. The van der Waals surface area contributed by atoms with Crippen LogP contribution in [0.1, 0.15) is 49.0 Å². The molecule has 1 amide bonds. The average molecular weight is 312 g/mol.